The molecular formula is C32H24Cl2P2Zr. The van der Waals surface area contributed by atoms with Gasteiger partial charge in [-0.1, -0.05) is 0 Å². The van der Waals surface area contributed by atoms with Crippen LogP contribution in [0.2, 0.25) is 0 Å². The van der Waals surface area contributed by atoms with Crippen LogP contribution in [0.5, 0.6) is 0 Å². The van der Waals surface area contributed by atoms with E-state index in [1.54, 1.807) is 0 Å². The van der Waals surface area contributed by atoms with Crippen molar-refractivity contribution < 1.29 is 17.9 Å². The Morgan fingerprint density at radius 1 is 0.459 bits per heavy atom. The summed E-state index contributed by atoms with van der Waals surface area (Å²) in [4.78, 5) is 0. The van der Waals surface area contributed by atoms with E-state index in [2.05, 4.69) is 146 Å². The van der Waals surface area contributed by atoms with E-state index in [4.69, 9.17) is 17.0 Å². The topological polar surface area (TPSA) is 0 Å². The van der Waals surface area contributed by atoms with Gasteiger partial charge < -0.3 is 0 Å². The van der Waals surface area contributed by atoms with Crippen LogP contribution < -0.4 is 0 Å². The van der Waals surface area contributed by atoms with Gasteiger partial charge in [0.15, 0.2) is 0 Å². The first-order valence-electron chi connectivity index (χ1n) is 12.2. The van der Waals surface area contributed by atoms with Crippen molar-refractivity contribution in [2.75, 3.05) is 0 Å². The summed E-state index contributed by atoms with van der Waals surface area (Å²) in [6.45, 7) is 0. The average molecular weight is 633 g/mol. The maximum absolute atomic E-state index is 8.07. The molecule has 180 valence electrons. The summed E-state index contributed by atoms with van der Waals surface area (Å²) in [5.74, 6) is 0. The van der Waals surface area contributed by atoms with Gasteiger partial charge in [-0.2, -0.15) is 0 Å². The Morgan fingerprint density at radius 3 is 1.14 bits per heavy atom. The molecule has 0 spiro atoms. The summed E-state index contributed by atoms with van der Waals surface area (Å²) in [7, 11) is 18.4. The molecule has 4 aromatic rings. The molecule has 4 aromatic carbocycles. The minimum atomic E-state index is -4.31. The number of benzene rings is 4. The summed E-state index contributed by atoms with van der Waals surface area (Å²) in [6.07, 6.45) is 9.18. The van der Waals surface area contributed by atoms with Gasteiger partial charge in [-0.3, -0.25) is 0 Å². The van der Waals surface area contributed by atoms with Crippen molar-refractivity contribution in [2.24, 2.45) is 0 Å². The zero-order chi connectivity index (χ0) is 25.3. The standard InChI is InChI=1S/2C16H12P.2ClH.Zr/c2*1-3-7-13(8-4-1)15-11-12-16(17-15)14-9-5-2-6-10-14;;;/h2*1-12H;2*1H;/q;;;;+2/p-2. The zero-order valence-electron chi connectivity index (χ0n) is 20.0. The van der Waals surface area contributed by atoms with Crippen LogP contribution in [0, 0.1) is 0 Å². The van der Waals surface area contributed by atoms with Crippen LogP contribution in [0.15, 0.2) is 146 Å². The second kappa shape index (κ2) is 10.4. The van der Waals surface area contributed by atoms with E-state index < -0.39 is 23.6 Å². The summed E-state index contributed by atoms with van der Waals surface area (Å²) < 4.78 is -0.910. The molecule has 0 N–H and O–H groups in total. The monoisotopic (exact) mass is 630 g/mol. The van der Waals surface area contributed by atoms with Crippen LogP contribution in [-0.4, -0.2) is 10.6 Å². The van der Waals surface area contributed by atoms with Gasteiger partial charge in [0.05, 0.1) is 0 Å². The Balaban J connectivity index is 1.60. The van der Waals surface area contributed by atoms with Gasteiger partial charge >= 0.3 is 236 Å². The molecule has 0 saturated heterocycles. The first-order valence-corrected chi connectivity index (χ1v) is 22.8. The first kappa shape index (κ1) is 25.4. The van der Waals surface area contributed by atoms with Gasteiger partial charge in [0, 0.05) is 0 Å². The second-order valence-corrected chi connectivity index (χ2v) is 28.7. The van der Waals surface area contributed by atoms with E-state index in [0.717, 1.165) is 16.4 Å². The fourth-order valence-corrected chi connectivity index (χ4v) is 26.9. The van der Waals surface area contributed by atoms with Crippen molar-refractivity contribution in [3.8, 4) is 0 Å². The molecule has 2 aliphatic rings. The van der Waals surface area contributed by atoms with Crippen molar-refractivity contribution in [3.63, 3.8) is 0 Å². The molecule has 2 unspecified atom stereocenters. The van der Waals surface area contributed by atoms with E-state index in [1.807, 2.05) is 0 Å². The van der Waals surface area contributed by atoms with Crippen molar-refractivity contribution in [1.29, 1.82) is 0 Å². The molecule has 2 aliphatic heterocycles. The second-order valence-electron chi connectivity index (χ2n) is 9.23. The van der Waals surface area contributed by atoms with E-state index in [0.29, 0.717) is 0 Å². The van der Waals surface area contributed by atoms with Crippen molar-refractivity contribution >= 4 is 44.0 Å². The van der Waals surface area contributed by atoms with E-state index in [9.17, 15) is 0 Å². The number of hydrogen-bond donors (Lipinski definition) is 0. The fraction of sp³-hybridized carbons (Fsp3) is 0.0625. The van der Waals surface area contributed by atoms with E-state index >= 15 is 0 Å². The van der Waals surface area contributed by atoms with Crippen LogP contribution in [0.25, 0.3) is 0 Å². The number of halogens is 2. The number of allylic oxidation sites excluding steroid dienone is 4. The molecule has 0 amide bonds. The Morgan fingerprint density at radius 2 is 0.784 bits per heavy atom. The molecule has 0 aromatic heterocycles. The predicted octanol–water partition coefficient (Wildman–Crippen LogP) is 9.63. The molecule has 2 atom stereocenters. The molecule has 37 heavy (non-hydrogen) atoms. The first-order chi connectivity index (χ1) is 18.1. The third-order valence-electron chi connectivity index (χ3n) is 7.08. The molecule has 0 nitrogen and oxygen atoms in total. The van der Waals surface area contributed by atoms with Gasteiger partial charge in [-0.25, -0.2) is 0 Å². The Kier molecular flexibility index (Phi) is 7.14. The quantitative estimate of drug-likeness (QED) is 0.186. The maximum atomic E-state index is 8.07. The van der Waals surface area contributed by atoms with Crippen LogP contribution in [0.4, 0.5) is 0 Å². The van der Waals surface area contributed by atoms with E-state index in [-0.39, 0.29) is 0 Å². The fourth-order valence-electron chi connectivity index (χ4n) is 5.18. The van der Waals surface area contributed by atoms with Gasteiger partial charge in [0.25, 0.3) is 0 Å². The van der Waals surface area contributed by atoms with Gasteiger partial charge in [-0.05, 0) is 0 Å². The van der Waals surface area contributed by atoms with Crippen molar-refractivity contribution in [2.45, 2.75) is 5.73 Å². The zero-order valence-corrected chi connectivity index (χ0v) is 25.8. The number of hydrogen-bond acceptors (Lipinski definition) is 0. The van der Waals surface area contributed by atoms with Crippen molar-refractivity contribution in [3.05, 3.63) is 168 Å². The van der Waals surface area contributed by atoms with Crippen LogP contribution >= 0.6 is 33.4 Å². The summed E-state index contributed by atoms with van der Waals surface area (Å²) in [5.41, 5.74) is 4.84. The normalized spacial score (nSPS) is 23.5. The molecule has 0 fully saturated rings. The molecule has 2 heterocycles. The third-order valence-corrected chi connectivity index (χ3v) is 32.6. The SMILES string of the molecule is [Cl][Zr]([Cl])([C]1(c2ccccc2)C=CC(c2ccccc2)=P1)[C]1(c2ccccc2)C=CC(c2ccccc2)=P1. The molecule has 0 bridgehead atoms. The van der Waals surface area contributed by atoms with Crippen LogP contribution in [0.1, 0.15) is 22.3 Å². The van der Waals surface area contributed by atoms with E-state index in [1.165, 1.54) is 32.8 Å². The Hall–Kier alpha value is -1.84. The molecule has 0 radical (unpaired) electrons. The van der Waals surface area contributed by atoms with Gasteiger partial charge in [0.1, 0.15) is 0 Å². The summed E-state index contributed by atoms with van der Waals surface area (Å²) in [5, 5.41) is 2.53. The molecule has 0 saturated carbocycles. The minimum absolute atomic E-state index is 0.455. The summed E-state index contributed by atoms with van der Waals surface area (Å²) in [6, 6.07) is 42.6. The Bertz CT molecular complexity index is 1410. The van der Waals surface area contributed by atoms with Gasteiger partial charge in [-0.15, -0.1) is 0 Å². The third kappa shape index (κ3) is 4.35. The molecule has 5 heteroatoms. The molecular weight excluding hydrogens is 608 g/mol. The summed E-state index contributed by atoms with van der Waals surface area (Å²) >= 11 is -4.31. The van der Waals surface area contributed by atoms with Crippen LogP contribution in [0.3, 0.4) is 0 Å². The molecule has 0 aliphatic carbocycles. The predicted molar refractivity (Wildman–Crippen MR) is 161 cm³/mol. The van der Waals surface area contributed by atoms with Gasteiger partial charge in [0.2, 0.25) is 0 Å². The van der Waals surface area contributed by atoms with Crippen LogP contribution in [-0.2, 0) is 23.6 Å². The number of rotatable bonds is 6. The van der Waals surface area contributed by atoms with Crippen molar-refractivity contribution in [1.82, 2.24) is 0 Å². The average Bonchev–Trinajstić information content (AvgIpc) is 3.63. The molecule has 6 rings (SSSR count). The Labute approximate surface area is 233 Å².